The van der Waals surface area contributed by atoms with Crippen LogP contribution in [-0.4, -0.2) is 26.6 Å². The first-order chi connectivity index (χ1) is 8.79. The number of benzene rings is 1. The molecule has 1 aromatic carbocycles. The summed E-state index contributed by atoms with van der Waals surface area (Å²) >= 11 is 0. The highest BCUT2D eigenvalue weighted by atomic mass is 32.2. The lowest BCUT2D eigenvalue weighted by Gasteiger charge is -2.22. The molecule has 0 aromatic heterocycles. The van der Waals surface area contributed by atoms with Crippen LogP contribution in [0.2, 0.25) is 0 Å². The van der Waals surface area contributed by atoms with Gasteiger partial charge in [-0.15, -0.1) is 0 Å². The van der Waals surface area contributed by atoms with Gasteiger partial charge >= 0.3 is 5.97 Å². The molecular formula is C13H16O5S. The summed E-state index contributed by atoms with van der Waals surface area (Å²) in [7, 11) is -4.01. The van der Waals surface area contributed by atoms with E-state index >= 15 is 0 Å². The van der Waals surface area contributed by atoms with E-state index in [1.807, 2.05) is 0 Å². The molecule has 0 aliphatic heterocycles. The molecule has 0 fully saturated rings. The molecule has 0 atom stereocenters. The van der Waals surface area contributed by atoms with Crippen molar-refractivity contribution in [3.05, 3.63) is 43.0 Å². The Labute approximate surface area is 113 Å². The molecule has 0 bridgehead atoms. The minimum Gasteiger partial charge on any atom is -0.459 e. The maximum atomic E-state index is 12.0. The van der Waals surface area contributed by atoms with Gasteiger partial charge in [0, 0.05) is 0 Å². The summed E-state index contributed by atoms with van der Waals surface area (Å²) in [5.74, 6) is -0.771. The van der Waals surface area contributed by atoms with Crippen molar-refractivity contribution >= 4 is 16.1 Å². The van der Waals surface area contributed by atoms with Crippen LogP contribution in [0.25, 0.3) is 0 Å². The third-order valence-electron chi connectivity index (χ3n) is 2.17. The maximum Gasteiger partial charge on any atom is 0.339 e. The molecule has 0 aliphatic rings. The number of esters is 1. The second-order valence-electron chi connectivity index (χ2n) is 4.25. The topological polar surface area (TPSA) is 69.7 Å². The molecule has 104 valence electrons. The van der Waals surface area contributed by atoms with Gasteiger partial charge in [0.1, 0.15) is 6.61 Å². The number of hydrogen-bond donors (Lipinski definition) is 0. The second-order valence-corrected chi connectivity index (χ2v) is 5.79. The van der Waals surface area contributed by atoms with Gasteiger partial charge in [-0.25, -0.2) is 8.98 Å². The lowest BCUT2D eigenvalue weighted by Crippen LogP contribution is -2.38. The third kappa shape index (κ3) is 4.18. The van der Waals surface area contributed by atoms with Crippen molar-refractivity contribution in [3.8, 4) is 0 Å². The van der Waals surface area contributed by atoms with Crippen LogP contribution < -0.4 is 0 Å². The van der Waals surface area contributed by atoms with Crippen LogP contribution in [0.15, 0.2) is 47.9 Å². The van der Waals surface area contributed by atoms with Gasteiger partial charge in [0.2, 0.25) is 0 Å². The molecule has 0 aliphatic carbocycles. The molecular weight excluding hydrogens is 268 g/mol. The Bertz CT molecular complexity index is 546. The van der Waals surface area contributed by atoms with E-state index in [1.165, 1.54) is 32.1 Å². The van der Waals surface area contributed by atoms with Gasteiger partial charge in [0.05, 0.1) is 4.90 Å². The molecule has 19 heavy (non-hydrogen) atoms. The summed E-state index contributed by atoms with van der Waals surface area (Å²) < 4.78 is 33.7. The van der Waals surface area contributed by atoms with Gasteiger partial charge in [-0.3, -0.25) is 0 Å². The fourth-order valence-corrected chi connectivity index (χ4v) is 2.46. The van der Waals surface area contributed by atoms with Crippen LogP contribution in [0.3, 0.4) is 0 Å². The first kappa shape index (κ1) is 15.4. The van der Waals surface area contributed by atoms with Crippen LogP contribution in [0.1, 0.15) is 13.8 Å². The first-order valence-electron chi connectivity index (χ1n) is 5.58. The Morgan fingerprint density at radius 3 is 2.42 bits per heavy atom. The van der Waals surface area contributed by atoms with Crippen molar-refractivity contribution in [1.82, 2.24) is 0 Å². The summed E-state index contributed by atoms with van der Waals surface area (Å²) in [6.07, 6.45) is 1.39. The number of carbonyl (C=O) groups excluding carboxylic acids is 1. The van der Waals surface area contributed by atoms with Gasteiger partial charge in [0.25, 0.3) is 10.1 Å². The highest BCUT2D eigenvalue weighted by Crippen LogP contribution is 2.21. The van der Waals surface area contributed by atoms with E-state index in [1.54, 1.807) is 18.2 Å². The van der Waals surface area contributed by atoms with Gasteiger partial charge in [0.15, 0.2) is 5.60 Å². The van der Waals surface area contributed by atoms with E-state index in [0.29, 0.717) is 0 Å². The van der Waals surface area contributed by atoms with Gasteiger partial charge in [-0.05, 0) is 26.0 Å². The molecule has 0 heterocycles. The Hall–Kier alpha value is -1.66. The summed E-state index contributed by atoms with van der Waals surface area (Å²) in [6.45, 7) is 6.06. The maximum absolute atomic E-state index is 12.0. The summed E-state index contributed by atoms with van der Waals surface area (Å²) in [6, 6.07) is 7.60. The number of ether oxygens (including phenoxy) is 1. The zero-order chi connectivity index (χ0) is 14.5. The Morgan fingerprint density at radius 2 is 1.89 bits per heavy atom. The standard InChI is InChI=1S/C13H16O5S/c1-4-10-17-12(14)13(2,3)18-19(15,16)11-8-6-5-7-9-11/h4-9H,1,10H2,2-3H3. The molecule has 0 N–H and O–H groups in total. The highest BCUT2D eigenvalue weighted by Gasteiger charge is 2.36. The second kappa shape index (κ2) is 5.99. The molecule has 1 aromatic rings. The average Bonchev–Trinajstić information content (AvgIpc) is 2.35. The van der Waals surface area contributed by atoms with Crippen molar-refractivity contribution in [2.45, 2.75) is 24.3 Å². The molecule has 0 saturated heterocycles. The minimum absolute atomic E-state index is 0.00297. The van der Waals surface area contributed by atoms with Crippen LogP contribution in [0.4, 0.5) is 0 Å². The lowest BCUT2D eigenvalue weighted by molar-refractivity contribution is -0.157. The average molecular weight is 284 g/mol. The fourth-order valence-electron chi connectivity index (χ4n) is 1.25. The van der Waals surface area contributed by atoms with Crippen molar-refractivity contribution < 1.29 is 22.1 Å². The van der Waals surface area contributed by atoms with Gasteiger partial charge < -0.3 is 4.74 Å². The van der Waals surface area contributed by atoms with Crippen molar-refractivity contribution in [1.29, 1.82) is 0 Å². The van der Waals surface area contributed by atoms with Crippen molar-refractivity contribution in [2.24, 2.45) is 0 Å². The van der Waals surface area contributed by atoms with E-state index in [-0.39, 0.29) is 11.5 Å². The fraction of sp³-hybridized carbons (Fsp3) is 0.308. The van der Waals surface area contributed by atoms with E-state index in [2.05, 4.69) is 6.58 Å². The number of carbonyl (C=O) groups is 1. The van der Waals surface area contributed by atoms with Crippen molar-refractivity contribution in [3.63, 3.8) is 0 Å². The van der Waals surface area contributed by atoms with Crippen LogP contribution in [-0.2, 0) is 23.8 Å². The SMILES string of the molecule is C=CCOC(=O)C(C)(C)OS(=O)(=O)c1ccccc1. The Balaban J connectivity index is 2.88. The molecule has 6 heteroatoms. The normalized spacial score (nSPS) is 11.9. The molecule has 0 radical (unpaired) electrons. The number of rotatable bonds is 6. The molecule has 0 spiro atoms. The molecule has 1 rings (SSSR count). The minimum atomic E-state index is -4.01. The third-order valence-corrected chi connectivity index (χ3v) is 3.66. The van der Waals surface area contributed by atoms with Crippen LogP contribution >= 0.6 is 0 Å². The first-order valence-corrected chi connectivity index (χ1v) is 6.99. The van der Waals surface area contributed by atoms with Crippen LogP contribution in [0, 0.1) is 0 Å². The Morgan fingerprint density at radius 1 is 1.32 bits per heavy atom. The van der Waals surface area contributed by atoms with Gasteiger partial charge in [-0.2, -0.15) is 8.42 Å². The van der Waals surface area contributed by atoms with E-state index in [9.17, 15) is 13.2 Å². The van der Waals surface area contributed by atoms with Crippen molar-refractivity contribution in [2.75, 3.05) is 6.61 Å². The molecule has 0 unspecified atom stereocenters. The lowest BCUT2D eigenvalue weighted by atomic mass is 10.1. The summed E-state index contributed by atoms with van der Waals surface area (Å²) in [5.41, 5.74) is -1.60. The zero-order valence-electron chi connectivity index (χ0n) is 10.8. The van der Waals surface area contributed by atoms with Crippen LogP contribution in [0.5, 0.6) is 0 Å². The Kier molecular flexibility index (Phi) is 4.85. The highest BCUT2D eigenvalue weighted by molar-refractivity contribution is 7.86. The molecule has 0 amide bonds. The molecule has 5 nitrogen and oxygen atoms in total. The quantitative estimate of drug-likeness (QED) is 0.453. The summed E-state index contributed by atoms with van der Waals surface area (Å²) in [4.78, 5) is 11.7. The van der Waals surface area contributed by atoms with E-state index in [4.69, 9.17) is 8.92 Å². The smallest absolute Gasteiger partial charge is 0.339 e. The van der Waals surface area contributed by atoms with Gasteiger partial charge in [-0.1, -0.05) is 30.9 Å². The van der Waals surface area contributed by atoms with E-state index < -0.39 is 21.7 Å². The predicted octanol–water partition coefficient (Wildman–Crippen LogP) is 1.90. The largest absolute Gasteiger partial charge is 0.459 e. The predicted molar refractivity (Wildman–Crippen MR) is 69.9 cm³/mol. The van der Waals surface area contributed by atoms with E-state index in [0.717, 1.165) is 0 Å². The molecule has 0 saturated carbocycles. The zero-order valence-corrected chi connectivity index (χ0v) is 11.6. The number of hydrogen-bond acceptors (Lipinski definition) is 5. The monoisotopic (exact) mass is 284 g/mol. The summed E-state index contributed by atoms with van der Waals surface area (Å²) in [5, 5.41) is 0.